The molecule has 5 rings (SSSR count). The van der Waals surface area contributed by atoms with Gasteiger partial charge in [-0.2, -0.15) is 17.5 Å². The number of aromatic nitrogens is 2. The molecule has 1 aliphatic carbocycles. The second-order valence-electron chi connectivity index (χ2n) is 7.14. The van der Waals surface area contributed by atoms with Crippen molar-refractivity contribution in [3.05, 3.63) is 35.3 Å². The van der Waals surface area contributed by atoms with E-state index < -0.39 is 39.1 Å². The standard InChI is InChI=1S/C17H17F3N4O3S2/c18-17(19,20)15-22-23-16(28-15)21-14(25)12-8-10-6-7-13(12)24(9-10)29(26,27)11-4-2-1-3-5-11/h1-5,10,12-13H,6-9H2,(H,21,23,25)/t10-,12-,13-/m1/s1. The van der Waals surface area contributed by atoms with Crippen LogP contribution in [0.3, 0.4) is 0 Å². The molecular weight excluding hydrogens is 429 g/mol. The van der Waals surface area contributed by atoms with Crippen molar-refractivity contribution in [3.63, 3.8) is 0 Å². The predicted molar refractivity (Wildman–Crippen MR) is 98.5 cm³/mol. The summed E-state index contributed by atoms with van der Waals surface area (Å²) >= 11 is 0.244. The van der Waals surface area contributed by atoms with Crippen molar-refractivity contribution in [2.75, 3.05) is 11.9 Å². The Morgan fingerprint density at radius 3 is 2.52 bits per heavy atom. The summed E-state index contributed by atoms with van der Waals surface area (Å²) in [5.74, 6) is -1.16. The van der Waals surface area contributed by atoms with Crippen LogP contribution in [0.5, 0.6) is 0 Å². The van der Waals surface area contributed by atoms with Gasteiger partial charge in [-0.1, -0.05) is 29.5 Å². The summed E-state index contributed by atoms with van der Waals surface area (Å²) in [5.41, 5.74) is 0. The van der Waals surface area contributed by atoms with Crippen molar-refractivity contribution >= 4 is 32.4 Å². The Labute approximate surface area is 169 Å². The van der Waals surface area contributed by atoms with E-state index in [0.29, 0.717) is 19.4 Å². The van der Waals surface area contributed by atoms with Crippen LogP contribution in [0.2, 0.25) is 0 Å². The average Bonchev–Trinajstić information content (AvgIpc) is 3.18. The molecular formula is C17H17F3N4O3S2. The van der Waals surface area contributed by atoms with Crippen LogP contribution < -0.4 is 5.32 Å². The molecule has 3 atom stereocenters. The first-order valence-corrected chi connectivity index (χ1v) is 11.2. The van der Waals surface area contributed by atoms with E-state index in [2.05, 4.69) is 15.5 Å². The molecule has 2 bridgehead atoms. The Hall–Kier alpha value is -2.05. The lowest BCUT2D eigenvalue weighted by atomic mass is 9.73. The van der Waals surface area contributed by atoms with E-state index in [1.54, 1.807) is 18.2 Å². The van der Waals surface area contributed by atoms with E-state index in [-0.39, 0.29) is 27.3 Å². The highest BCUT2D eigenvalue weighted by atomic mass is 32.2. The predicted octanol–water partition coefficient (Wildman–Crippen LogP) is 2.98. The molecule has 0 unspecified atom stereocenters. The number of carbonyl (C=O) groups is 1. The van der Waals surface area contributed by atoms with Crippen LogP contribution in [-0.2, 0) is 21.0 Å². The lowest BCUT2D eigenvalue weighted by Crippen LogP contribution is -2.57. The molecule has 1 N–H and O–H groups in total. The quantitative estimate of drug-likeness (QED) is 0.780. The number of rotatable bonds is 4. The zero-order chi connectivity index (χ0) is 20.8. The van der Waals surface area contributed by atoms with Crippen LogP contribution >= 0.6 is 11.3 Å². The number of anilines is 1. The minimum absolute atomic E-state index is 0.0226. The zero-order valence-electron chi connectivity index (χ0n) is 15.0. The van der Waals surface area contributed by atoms with Crippen LogP contribution in [-0.4, -0.2) is 41.4 Å². The molecule has 1 aromatic heterocycles. The number of alkyl halides is 3. The Balaban J connectivity index is 1.54. The molecule has 1 amide bonds. The van der Waals surface area contributed by atoms with E-state index >= 15 is 0 Å². The number of carbonyl (C=O) groups excluding carboxylic acids is 1. The largest absolute Gasteiger partial charge is 0.445 e. The first-order valence-electron chi connectivity index (χ1n) is 8.94. The first-order chi connectivity index (χ1) is 13.7. The first kappa shape index (κ1) is 20.2. The number of halogens is 3. The number of hydrogen-bond acceptors (Lipinski definition) is 6. The number of fused-ring (bicyclic) bond motifs is 3. The third-order valence-corrected chi connectivity index (χ3v) is 8.10. The number of benzene rings is 1. The number of amides is 1. The summed E-state index contributed by atoms with van der Waals surface area (Å²) < 4.78 is 65.5. The number of hydrogen-bond donors (Lipinski definition) is 1. The highest BCUT2D eigenvalue weighted by Crippen LogP contribution is 2.42. The van der Waals surface area contributed by atoms with Gasteiger partial charge in [-0.15, -0.1) is 10.2 Å². The highest BCUT2D eigenvalue weighted by molar-refractivity contribution is 7.89. The fraction of sp³-hybridized carbons (Fsp3) is 0.471. The Kier molecular flexibility index (Phi) is 5.11. The monoisotopic (exact) mass is 446 g/mol. The third-order valence-electron chi connectivity index (χ3n) is 5.31. The lowest BCUT2D eigenvalue weighted by molar-refractivity contribution is -0.138. The van der Waals surface area contributed by atoms with Gasteiger partial charge in [-0.05, 0) is 37.3 Å². The summed E-state index contributed by atoms with van der Waals surface area (Å²) in [4.78, 5) is 12.9. The number of nitrogens with one attached hydrogen (secondary N) is 1. The Morgan fingerprint density at radius 1 is 1.17 bits per heavy atom. The van der Waals surface area contributed by atoms with Gasteiger partial charge >= 0.3 is 6.18 Å². The van der Waals surface area contributed by atoms with Gasteiger partial charge in [0, 0.05) is 12.6 Å². The molecule has 12 heteroatoms. The molecule has 3 aliphatic rings. The second kappa shape index (κ2) is 7.33. The van der Waals surface area contributed by atoms with Crippen LogP contribution in [0.1, 0.15) is 24.3 Å². The fourth-order valence-electron chi connectivity index (χ4n) is 4.01. The molecule has 0 spiro atoms. The summed E-state index contributed by atoms with van der Waals surface area (Å²) in [5, 5.41) is 7.42. The molecule has 0 radical (unpaired) electrons. The number of sulfonamides is 1. The average molecular weight is 446 g/mol. The Morgan fingerprint density at radius 2 is 1.90 bits per heavy atom. The molecule has 156 valence electrons. The van der Waals surface area contributed by atoms with E-state index in [1.807, 2.05) is 0 Å². The molecule has 7 nitrogen and oxygen atoms in total. The number of piperidine rings is 2. The summed E-state index contributed by atoms with van der Waals surface area (Å²) in [6.45, 7) is 0.336. The lowest BCUT2D eigenvalue weighted by Gasteiger charge is -2.48. The molecule has 2 aliphatic heterocycles. The van der Waals surface area contributed by atoms with Crippen LogP contribution in [0.4, 0.5) is 18.3 Å². The molecule has 1 aromatic carbocycles. The smallest absolute Gasteiger partial charge is 0.300 e. The van der Waals surface area contributed by atoms with E-state index in [1.165, 1.54) is 16.4 Å². The third kappa shape index (κ3) is 3.88. The molecule has 2 aromatic rings. The van der Waals surface area contributed by atoms with Crippen molar-refractivity contribution in [1.82, 2.24) is 14.5 Å². The van der Waals surface area contributed by atoms with E-state index in [0.717, 1.165) is 6.42 Å². The van der Waals surface area contributed by atoms with Crippen molar-refractivity contribution in [3.8, 4) is 0 Å². The van der Waals surface area contributed by atoms with Gasteiger partial charge in [0.15, 0.2) is 0 Å². The van der Waals surface area contributed by atoms with Gasteiger partial charge in [0.2, 0.25) is 26.1 Å². The van der Waals surface area contributed by atoms with Crippen LogP contribution in [0, 0.1) is 11.8 Å². The van der Waals surface area contributed by atoms with Crippen LogP contribution in [0.15, 0.2) is 35.2 Å². The molecule has 1 saturated carbocycles. The van der Waals surface area contributed by atoms with Gasteiger partial charge in [-0.25, -0.2) is 8.42 Å². The van der Waals surface area contributed by atoms with Gasteiger partial charge in [0.25, 0.3) is 0 Å². The second-order valence-corrected chi connectivity index (χ2v) is 10.0. The topological polar surface area (TPSA) is 92.3 Å². The van der Waals surface area contributed by atoms with Gasteiger partial charge in [-0.3, -0.25) is 4.79 Å². The van der Waals surface area contributed by atoms with Crippen molar-refractivity contribution in [2.24, 2.45) is 11.8 Å². The summed E-state index contributed by atoms with van der Waals surface area (Å²) in [7, 11) is -3.77. The van der Waals surface area contributed by atoms with Crippen LogP contribution in [0.25, 0.3) is 0 Å². The molecule has 3 fully saturated rings. The normalized spacial score (nSPS) is 25.1. The van der Waals surface area contributed by atoms with Crippen molar-refractivity contribution in [1.29, 1.82) is 0 Å². The minimum atomic E-state index is -4.63. The minimum Gasteiger partial charge on any atom is -0.300 e. The highest BCUT2D eigenvalue weighted by Gasteiger charge is 2.48. The number of nitrogens with zero attached hydrogens (tertiary/aromatic N) is 3. The van der Waals surface area contributed by atoms with Crippen molar-refractivity contribution < 1.29 is 26.4 Å². The summed E-state index contributed by atoms with van der Waals surface area (Å²) in [6, 6.07) is 7.45. The molecule has 2 saturated heterocycles. The Bertz CT molecular complexity index is 1010. The maximum atomic E-state index is 13.1. The van der Waals surface area contributed by atoms with Gasteiger partial charge < -0.3 is 5.32 Å². The van der Waals surface area contributed by atoms with Gasteiger partial charge in [0.05, 0.1) is 10.8 Å². The maximum Gasteiger partial charge on any atom is 0.445 e. The van der Waals surface area contributed by atoms with Gasteiger partial charge in [0.1, 0.15) is 0 Å². The zero-order valence-corrected chi connectivity index (χ0v) is 16.6. The molecule has 3 heterocycles. The SMILES string of the molecule is O=C(Nc1nnc(C(F)(F)F)s1)[C@@H]1C[C@H]2CC[C@H]1N(S(=O)(=O)c1ccccc1)C2. The maximum absolute atomic E-state index is 13.1. The van der Waals surface area contributed by atoms with E-state index in [4.69, 9.17) is 0 Å². The fourth-order valence-corrected chi connectivity index (χ4v) is 6.42. The summed E-state index contributed by atoms with van der Waals surface area (Å²) in [6.07, 6.45) is -2.81. The van der Waals surface area contributed by atoms with E-state index in [9.17, 15) is 26.4 Å². The molecule has 29 heavy (non-hydrogen) atoms. The van der Waals surface area contributed by atoms with Crippen molar-refractivity contribution in [2.45, 2.75) is 36.4 Å².